The van der Waals surface area contributed by atoms with Crippen molar-refractivity contribution in [2.24, 2.45) is 0 Å². The fourth-order valence-electron chi connectivity index (χ4n) is 2.46. The third-order valence-electron chi connectivity index (χ3n) is 4.04. The van der Waals surface area contributed by atoms with Gasteiger partial charge in [-0.15, -0.1) is 11.8 Å². The number of halogens is 3. The highest BCUT2D eigenvalue weighted by Crippen LogP contribution is 2.31. The van der Waals surface area contributed by atoms with Gasteiger partial charge in [-0.25, -0.2) is 0 Å². The Morgan fingerprint density at radius 1 is 1.07 bits per heavy atom. The van der Waals surface area contributed by atoms with Crippen LogP contribution in [0.2, 0.25) is 0 Å². The van der Waals surface area contributed by atoms with Crippen LogP contribution in [0, 0.1) is 0 Å². The van der Waals surface area contributed by atoms with E-state index in [1.165, 1.54) is 24.9 Å². The quantitative estimate of drug-likeness (QED) is 0.684. The molecule has 152 valence electrons. The molecule has 0 bridgehead atoms. The van der Waals surface area contributed by atoms with Crippen LogP contribution >= 0.6 is 11.8 Å². The minimum absolute atomic E-state index is 0.188. The molecule has 0 fully saturated rings. The maximum atomic E-state index is 12.8. The Balaban J connectivity index is 1.88. The molecule has 2 aromatic rings. The van der Waals surface area contributed by atoms with Crippen LogP contribution in [0.1, 0.15) is 23.6 Å². The molecule has 1 unspecified atom stereocenters. The first-order valence-corrected chi connectivity index (χ1v) is 9.56. The van der Waals surface area contributed by atoms with Crippen molar-refractivity contribution in [2.45, 2.75) is 30.6 Å². The normalized spacial score (nSPS) is 12.4. The predicted molar refractivity (Wildman–Crippen MR) is 104 cm³/mol. The third kappa shape index (κ3) is 6.09. The molecule has 0 heterocycles. The second kappa shape index (κ2) is 9.73. The minimum atomic E-state index is -4.37. The number of nitrogens with one attached hydrogen (secondary N) is 1. The van der Waals surface area contributed by atoms with Crippen molar-refractivity contribution in [1.29, 1.82) is 0 Å². The van der Waals surface area contributed by atoms with Crippen molar-refractivity contribution in [3.63, 3.8) is 0 Å². The van der Waals surface area contributed by atoms with Crippen LogP contribution in [0.15, 0.2) is 42.5 Å². The van der Waals surface area contributed by atoms with Gasteiger partial charge in [-0.3, -0.25) is 4.79 Å². The molecule has 2 rings (SSSR count). The van der Waals surface area contributed by atoms with E-state index in [0.717, 1.165) is 17.7 Å². The van der Waals surface area contributed by atoms with Crippen LogP contribution in [0.5, 0.6) is 11.5 Å². The maximum Gasteiger partial charge on any atom is 0.416 e. The van der Waals surface area contributed by atoms with Crippen LogP contribution in [0.4, 0.5) is 13.2 Å². The first-order valence-electron chi connectivity index (χ1n) is 8.51. The van der Waals surface area contributed by atoms with E-state index >= 15 is 0 Å². The molecule has 1 amide bonds. The third-order valence-corrected chi connectivity index (χ3v) is 5.25. The first-order chi connectivity index (χ1) is 13.2. The lowest BCUT2D eigenvalue weighted by Crippen LogP contribution is -2.30. The highest BCUT2D eigenvalue weighted by molar-refractivity contribution is 7.99. The second-order valence-electron chi connectivity index (χ2n) is 6.06. The van der Waals surface area contributed by atoms with Gasteiger partial charge in [0.25, 0.3) is 0 Å². The van der Waals surface area contributed by atoms with Crippen molar-refractivity contribution < 1.29 is 27.4 Å². The lowest BCUT2D eigenvalue weighted by molar-refractivity contribution is -0.137. The summed E-state index contributed by atoms with van der Waals surface area (Å²) in [6.07, 6.45) is -4.37. The summed E-state index contributed by atoms with van der Waals surface area (Å²) >= 11 is 1.28. The van der Waals surface area contributed by atoms with Crippen LogP contribution in [0.3, 0.4) is 0 Å². The van der Waals surface area contributed by atoms with Crippen LogP contribution in [0.25, 0.3) is 0 Å². The van der Waals surface area contributed by atoms with E-state index < -0.39 is 17.0 Å². The van der Waals surface area contributed by atoms with Crippen molar-refractivity contribution >= 4 is 17.7 Å². The fourth-order valence-corrected chi connectivity index (χ4v) is 3.31. The molecule has 0 aromatic heterocycles. The Kier molecular flexibility index (Phi) is 7.62. The zero-order valence-corrected chi connectivity index (χ0v) is 16.6. The van der Waals surface area contributed by atoms with E-state index in [9.17, 15) is 18.0 Å². The monoisotopic (exact) mass is 413 g/mol. The SMILES string of the molecule is COc1ccc(CNC(=O)C(C)SCc2cccc(C(F)(F)F)c2)cc1OC. The molecule has 28 heavy (non-hydrogen) atoms. The van der Waals surface area contributed by atoms with Gasteiger partial charge in [0.15, 0.2) is 11.5 Å². The molecule has 1 N–H and O–H groups in total. The van der Waals surface area contributed by atoms with Gasteiger partial charge in [-0.2, -0.15) is 13.2 Å². The Labute approximate surface area is 166 Å². The molecule has 2 aromatic carbocycles. The number of amides is 1. The molecule has 0 aliphatic heterocycles. The molecular weight excluding hydrogens is 391 g/mol. The Bertz CT molecular complexity index is 812. The lowest BCUT2D eigenvalue weighted by atomic mass is 10.1. The van der Waals surface area contributed by atoms with Gasteiger partial charge in [-0.1, -0.05) is 24.3 Å². The van der Waals surface area contributed by atoms with Gasteiger partial charge in [0.2, 0.25) is 5.91 Å². The number of hydrogen-bond donors (Lipinski definition) is 1. The number of rotatable bonds is 8. The van der Waals surface area contributed by atoms with Gasteiger partial charge >= 0.3 is 6.18 Å². The molecule has 0 aliphatic carbocycles. The average Bonchev–Trinajstić information content (AvgIpc) is 2.69. The van der Waals surface area contributed by atoms with E-state index in [0.29, 0.717) is 29.4 Å². The number of methoxy groups -OCH3 is 2. The molecule has 0 saturated carbocycles. The number of benzene rings is 2. The van der Waals surface area contributed by atoms with Crippen LogP contribution in [-0.2, 0) is 23.3 Å². The molecule has 0 spiro atoms. The smallest absolute Gasteiger partial charge is 0.416 e. The van der Waals surface area contributed by atoms with Crippen molar-refractivity contribution in [3.05, 3.63) is 59.2 Å². The number of hydrogen-bond acceptors (Lipinski definition) is 4. The summed E-state index contributed by atoms with van der Waals surface area (Å²) in [5.41, 5.74) is 0.691. The van der Waals surface area contributed by atoms with Crippen molar-refractivity contribution in [1.82, 2.24) is 5.32 Å². The number of carbonyl (C=O) groups excluding carboxylic acids is 1. The maximum absolute atomic E-state index is 12.8. The van der Waals surface area contributed by atoms with Crippen molar-refractivity contribution in [2.75, 3.05) is 14.2 Å². The Morgan fingerprint density at radius 3 is 2.43 bits per heavy atom. The number of alkyl halides is 3. The zero-order valence-electron chi connectivity index (χ0n) is 15.8. The molecule has 4 nitrogen and oxygen atoms in total. The molecule has 0 aliphatic rings. The fraction of sp³-hybridized carbons (Fsp3) is 0.350. The minimum Gasteiger partial charge on any atom is -0.493 e. The molecule has 0 saturated heterocycles. The van der Waals surface area contributed by atoms with E-state index in [-0.39, 0.29) is 5.91 Å². The summed E-state index contributed by atoms with van der Waals surface area (Å²) in [7, 11) is 3.08. The van der Waals surface area contributed by atoms with Gasteiger partial charge < -0.3 is 14.8 Å². The number of thioether (sulfide) groups is 1. The average molecular weight is 413 g/mol. The zero-order chi connectivity index (χ0) is 20.7. The summed E-state index contributed by atoms with van der Waals surface area (Å²) in [4.78, 5) is 12.3. The van der Waals surface area contributed by atoms with Crippen molar-refractivity contribution in [3.8, 4) is 11.5 Å². The molecule has 1 atom stereocenters. The summed E-state index contributed by atoms with van der Waals surface area (Å²) in [6, 6.07) is 10.5. The summed E-state index contributed by atoms with van der Waals surface area (Å²) in [5.74, 6) is 1.30. The van der Waals surface area contributed by atoms with E-state index in [1.54, 1.807) is 32.2 Å². The summed E-state index contributed by atoms with van der Waals surface area (Å²) in [6.45, 7) is 2.04. The standard InChI is InChI=1S/C20H22F3NO3S/c1-13(28-12-15-5-4-6-16(9-15)20(21,22)23)19(25)24-11-14-7-8-17(26-2)18(10-14)27-3/h4-10,13H,11-12H2,1-3H3,(H,24,25). The van der Waals surface area contributed by atoms with Gasteiger partial charge in [0, 0.05) is 12.3 Å². The highest BCUT2D eigenvalue weighted by atomic mass is 32.2. The summed E-state index contributed by atoms with van der Waals surface area (Å²) in [5, 5.41) is 2.42. The summed E-state index contributed by atoms with van der Waals surface area (Å²) < 4.78 is 48.7. The highest BCUT2D eigenvalue weighted by Gasteiger charge is 2.30. The van der Waals surface area contributed by atoms with Gasteiger partial charge in [0.1, 0.15) is 0 Å². The molecule has 0 radical (unpaired) electrons. The lowest BCUT2D eigenvalue weighted by Gasteiger charge is -2.14. The largest absolute Gasteiger partial charge is 0.493 e. The number of carbonyl (C=O) groups is 1. The molecule has 8 heteroatoms. The topological polar surface area (TPSA) is 47.6 Å². The Morgan fingerprint density at radius 2 is 1.79 bits per heavy atom. The first kappa shape index (κ1) is 21.9. The van der Waals surface area contributed by atoms with E-state index in [1.807, 2.05) is 6.07 Å². The molecular formula is C20H22F3NO3S. The predicted octanol–water partition coefficient (Wildman–Crippen LogP) is 4.66. The Hall–Kier alpha value is -2.35. The van der Waals surface area contributed by atoms with E-state index in [4.69, 9.17) is 9.47 Å². The number of ether oxygens (including phenoxy) is 2. The van der Waals surface area contributed by atoms with E-state index in [2.05, 4.69) is 5.32 Å². The van der Waals surface area contributed by atoms with Crippen LogP contribution in [-0.4, -0.2) is 25.4 Å². The second-order valence-corrected chi connectivity index (χ2v) is 7.39. The van der Waals surface area contributed by atoms with Gasteiger partial charge in [-0.05, 0) is 36.2 Å². The van der Waals surface area contributed by atoms with Gasteiger partial charge in [0.05, 0.1) is 25.0 Å². The van der Waals surface area contributed by atoms with Crippen LogP contribution < -0.4 is 14.8 Å².